The van der Waals surface area contributed by atoms with Crippen molar-refractivity contribution in [2.24, 2.45) is 5.73 Å². The minimum Gasteiger partial charge on any atom is -0.502 e. The second-order valence-electron chi connectivity index (χ2n) is 3.97. The van der Waals surface area contributed by atoms with E-state index in [2.05, 4.69) is 0 Å². The quantitative estimate of drug-likeness (QED) is 0.571. The molecule has 1 aromatic rings. The number of nitrogens with zero attached hydrogens (tertiary/aromatic N) is 1. The number of nitro benzene ring substituents is 1. The second-order valence-corrected chi connectivity index (χ2v) is 3.97. The van der Waals surface area contributed by atoms with Crippen LogP contribution in [0.15, 0.2) is 18.2 Å². The molecule has 5 heteroatoms. The lowest BCUT2D eigenvalue weighted by molar-refractivity contribution is -0.385. The lowest BCUT2D eigenvalue weighted by Crippen LogP contribution is -2.43. The molecular formula is C10H12N2O3. The highest BCUT2D eigenvalue weighted by atomic mass is 16.6. The second kappa shape index (κ2) is 3.20. The Morgan fingerprint density at radius 2 is 2.13 bits per heavy atom. The van der Waals surface area contributed by atoms with E-state index in [0.29, 0.717) is 0 Å². The minimum absolute atomic E-state index is 0.276. The van der Waals surface area contributed by atoms with Gasteiger partial charge in [-0.25, -0.2) is 0 Å². The first-order valence-electron chi connectivity index (χ1n) is 4.80. The Kier molecular flexibility index (Phi) is 2.12. The number of benzene rings is 1. The molecule has 3 N–H and O–H groups in total. The maximum absolute atomic E-state index is 10.5. The van der Waals surface area contributed by atoms with Gasteiger partial charge >= 0.3 is 5.69 Å². The van der Waals surface area contributed by atoms with Crippen molar-refractivity contribution < 1.29 is 10.0 Å². The Labute approximate surface area is 86.7 Å². The molecule has 1 aliphatic rings. The van der Waals surface area contributed by atoms with Gasteiger partial charge < -0.3 is 10.8 Å². The number of hydrogen-bond acceptors (Lipinski definition) is 4. The first-order chi connectivity index (χ1) is 7.03. The highest BCUT2D eigenvalue weighted by Crippen LogP contribution is 2.41. The Balaban J connectivity index is 2.37. The van der Waals surface area contributed by atoms with Crippen molar-refractivity contribution in [3.8, 4) is 5.75 Å². The molecule has 1 saturated carbocycles. The summed E-state index contributed by atoms with van der Waals surface area (Å²) in [6.45, 7) is 0. The summed E-state index contributed by atoms with van der Waals surface area (Å²) < 4.78 is 0. The fraction of sp³-hybridized carbons (Fsp3) is 0.400. The van der Waals surface area contributed by atoms with Crippen LogP contribution in [0.5, 0.6) is 5.75 Å². The zero-order chi connectivity index (χ0) is 11.1. The molecule has 5 nitrogen and oxygen atoms in total. The molecule has 2 rings (SSSR count). The fourth-order valence-electron chi connectivity index (χ4n) is 1.83. The standard InChI is InChI=1S/C10H12N2O3/c11-10(4-1-5-10)7-2-3-8(12(14)15)9(13)6-7/h2-3,6,13H,1,4-5,11H2. The maximum Gasteiger partial charge on any atom is 0.310 e. The zero-order valence-electron chi connectivity index (χ0n) is 8.14. The molecule has 15 heavy (non-hydrogen) atoms. The van der Waals surface area contributed by atoms with Crippen LogP contribution in [0, 0.1) is 10.1 Å². The van der Waals surface area contributed by atoms with Crippen LogP contribution in [0.3, 0.4) is 0 Å². The van der Waals surface area contributed by atoms with E-state index in [4.69, 9.17) is 5.73 Å². The van der Waals surface area contributed by atoms with Crippen LogP contribution in [0.2, 0.25) is 0 Å². The van der Waals surface area contributed by atoms with Crippen molar-refractivity contribution in [1.29, 1.82) is 0 Å². The number of hydrogen-bond donors (Lipinski definition) is 2. The van der Waals surface area contributed by atoms with Crippen molar-refractivity contribution in [2.45, 2.75) is 24.8 Å². The van der Waals surface area contributed by atoms with Gasteiger partial charge in [-0.2, -0.15) is 0 Å². The Hall–Kier alpha value is -1.62. The molecule has 0 saturated heterocycles. The van der Waals surface area contributed by atoms with Gasteiger partial charge in [0.05, 0.1) is 4.92 Å². The number of aromatic hydroxyl groups is 1. The Bertz CT molecular complexity index is 413. The molecule has 0 radical (unpaired) electrons. The van der Waals surface area contributed by atoms with Crippen molar-refractivity contribution in [3.63, 3.8) is 0 Å². The monoisotopic (exact) mass is 208 g/mol. The molecule has 0 bridgehead atoms. The van der Waals surface area contributed by atoms with Crippen molar-refractivity contribution in [1.82, 2.24) is 0 Å². The van der Waals surface area contributed by atoms with Gasteiger partial charge in [0.1, 0.15) is 0 Å². The van der Waals surface area contributed by atoms with E-state index in [1.165, 1.54) is 12.1 Å². The van der Waals surface area contributed by atoms with Gasteiger partial charge in [0.15, 0.2) is 5.75 Å². The lowest BCUT2D eigenvalue weighted by Gasteiger charge is -2.38. The van der Waals surface area contributed by atoms with Crippen LogP contribution in [0.1, 0.15) is 24.8 Å². The molecule has 0 aliphatic heterocycles. The minimum atomic E-state index is -0.608. The number of rotatable bonds is 2. The molecular weight excluding hydrogens is 196 g/mol. The lowest BCUT2D eigenvalue weighted by atomic mass is 9.73. The average molecular weight is 208 g/mol. The highest BCUT2D eigenvalue weighted by molar-refractivity contribution is 5.49. The van der Waals surface area contributed by atoms with Crippen LogP contribution >= 0.6 is 0 Å². The van der Waals surface area contributed by atoms with Gasteiger partial charge in [0.2, 0.25) is 0 Å². The summed E-state index contributed by atoms with van der Waals surface area (Å²) in [6, 6.07) is 4.33. The van der Waals surface area contributed by atoms with Crippen molar-refractivity contribution in [2.75, 3.05) is 0 Å². The zero-order valence-corrected chi connectivity index (χ0v) is 8.14. The molecule has 80 valence electrons. The van der Waals surface area contributed by atoms with Gasteiger partial charge in [-0.05, 0) is 30.9 Å². The van der Waals surface area contributed by atoms with Gasteiger partial charge in [-0.15, -0.1) is 0 Å². The van der Waals surface area contributed by atoms with Gasteiger partial charge in [0.25, 0.3) is 0 Å². The highest BCUT2D eigenvalue weighted by Gasteiger charge is 2.35. The van der Waals surface area contributed by atoms with Crippen LogP contribution in [-0.2, 0) is 5.54 Å². The van der Waals surface area contributed by atoms with E-state index >= 15 is 0 Å². The number of nitro groups is 1. The third-order valence-electron chi connectivity index (χ3n) is 2.99. The van der Waals surface area contributed by atoms with E-state index in [9.17, 15) is 15.2 Å². The summed E-state index contributed by atoms with van der Waals surface area (Å²) in [7, 11) is 0. The summed E-state index contributed by atoms with van der Waals surface area (Å²) in [4.78, 5) is 9.87. The number of nitrogens with two attached hydrogens (primary N) is 1. The summed E-state index contributed by atoms with van der Waals surface area (Å²) in [5.41, 5.74) is 6.14. The average Bonchev–Trinajstić information content (AvgIpc) is 2.13. The van der Waals surface area contributed by atoms with E-state index in [0.717, 1.165) is 24.8 Å². The topological polar surface area (TPSA) is 89.4 Å². The van der Waals surface area contributed by atoms with E-state index in [-0.39, 0.29) is 11.4 Å². The maximum atomic E-state index is 10.5. The van der Waals surface area contributed by atoms with Crippen LogP contribution < -0.4 is 5.73 Å². The largest absolute Gasteiger partial charge is 0.502 e. The molecule has 1 fully saturated rings. The Morgan fingerprint density at radius 3 is 2.53 bits per heavy atom. The fourth-order valence-corrected chi connectivity index (χ4v) is 1.83. The summed E-state index contributed by atoms with van der Waals surface area (Å²) in [5, 5.41) is 19.9. The first kappa shape index (κ1) is 9.92. The van der Waals surface area contributed by atoms with Crippen molar-refractivity contribution in [3.05, 3.63) is 33.9 Å². The molecule has 0 spiro atoms. The summed E-state index contributed by atoms with van der Waals surface area (Å²) in [6.07, 6.45) is 2.79. The third-order valence-corrected chi connectivity index (χ3v) is 2.99. The van der Waals surface area contributed by atoms with Gasteiger partial charge in [-0.1, -0.05) is 6.07 Å². The predicted molar refractivity (Wildman–Crippen MR) is 54.5 cm³/mol. The van der Waals surface area contributed by atoms with E-state index < -0.39 is 10.5 Å². The smallest absolute Gasteiger partial charge is 0.310 e. The van der Waals surface area contributed by atoms with E-state index in [1.54, 1.807) is 6.07 Å². The molecule has 1 aliphatic carbocycles. The first-order valence-corrected chi connectivity index (χ1v) is 4.80. The van der Waals surface area contributed by atoms with E-state index in [1.807, 2.05) is 0 Å². The predicted octanol–water partition coefficient (Wildman–Crippen LogP) is 1.64. The normalized spacial score (nSPS) is 18.2. The number of phenols is 1. The van der Waals surface area contributed by atoms with Crippen LogP contribution in [0.25, 0.3) is 0 Å². The summed E-state index contributed by atoms with van der Waals surface area (Å²) in [5.74, 6) is -0.311. The SMILES string of the molecule is NC1(c2ccc([N+](=O)[O-])c(O)c2)CCC1. The van der Waals surface area contributed by atoms with Gasteiger partial charge in [-0.3, -0.25) is 10.1 Å². The molecule has 0 heterocycles. The van der Waals surface area contributed by atoms with Crippen LogP contribution in [-0.4, -0.2) is 10.0 Å². The van der Waals surface area contributed by atoms with Crippen LogP contribution in [0.4, 0.5) is 5.69 Å². The molecule has 0 amide bonds. The van der Waals surface area contributed by atoms with Crippen molar-refractivity contribution >= 4 is 5.69 Å². The Morgan fingerprint density at radius 1 is 1.47 bits per heavy atom. The molecule has 0 aromatic heterocycles. The summed E-state index contributed by atoms with van der Waals surface area (Å²) >= 11 is 0. The van der Waals surface area contributed by atoms with Gasteiger partial charge in [0, 0.05) is 11.6 Å². The molecule has 1 aromatic carbocycles. The molecule has 0 atom stereocenters. The molecule has 0 unspecified atom stereocenters. The number of phenolic OH excluding ortho intramolecular Hbond substituents is 1. The third kappa shape index (κ3) is 1.55.